The number of allylic oxidation sites excluding steroid dienone is 8. The summed E-state index contributed by atoms with van der Waals surface area (Å²) in [6, 6.07) is 0. The van der Waals surface area contributed by atoms with Crippen LogP contribution in [-0.4, -0.2) is 16.0 Å². The van der Waals surface area contributed by atoms with Crippen molar-refractivity contribution in [3.8, 4) is 0 Å². The van der Waals surface area contributed by atoms with Gasteiger partial charge in [0, 0.05) is 12.0 Å². The number of ketones is 1. The van der Waals surface area contributed by atoms with Crippen LogP contribution in [0.15, 0.2) is 47.0 Å². The fraction of sp³-hybridized carbons (Fsp3) is 0.357. The van der Waals surface area contributed by atoms with Crippen LogP contribution in [0.25, 0.3) is 0 Å². The van der Waals surface area contributed by atoms with E-state index in [9.17, 15) is 9.90 Å². The molecular formula is C14H18O3. The maximum Gasteiger partial charge on any atom is 0.184 e. The zero-order valence-corrected chi connectivity index (χ0v) is 10.2. The Bertz CT molecular complexity index is 419. The summed E-state index contributed by atoms with van der Waals surface area (Å²) in [6.07, 6.45) is 8.11. The first-order valence-corrected chi connectivity index (χ1v) is 5.74. The summed E-state index contributed by atoms with van der Waals surface area (Å²) in [6.45, 7) is 3.47. The molecule has 0 atom stereocenters. The SMILES string of the molecule is CC/C(=C\C=C(/C)O)C(=O)C1=CC=C(O)CC1. The maximum absolute atomic E-state index is 12.1. The number of hydrogen-bond acceptors (Lipinski definition) is 3. The molecule has 0 aromatic rings. The number of carbonyl (C=O) groups excluding carboxylic acids is 1. The van der Waals surface area contributed by atoms with Crippen molar-refractivity contribution in [2.45, 2.75) is 33.1 Å². The molecular weight excluding hydrogens is 216 g/mol. The van der Waals surface area contributed by atoms with Gasteiger partial charge in [0.15, 0.2) is 5.78 Å². The zero-order valence-electron chi connectivity index (χ0n) is 10.2. The van der Waals surface area contributed by atoms with E-state index in [2.05, 4.69) is 0 Å². The topological polar surface area (TPSA) is 57.5 Å². The lowest BCUT2D eigenvalue weighted by Gasteiger charge is -2.11. The molecule has 92 valence electrons. The summed E-state index contributed by atoms with van der Waals surface area (Å²) >= 11 is 0. The van der Waals surface area contributed by atoms with Gasteiger partial charge in [-0.05, 0) is 37.5 Å². The summed E-state index contributed by atoms with van der Waals surface area (Å²) in [5.74, 6) is 0.488. The number of aliphatic hydroxyl groups excluding tert-OH is 2. The van der Waals surface area contributed by atoms with Crippen molar-refractivity contribution in [1.82, 2.24) is 0 Å². The molecule has 1 rings (SSSR count). The Labute approximate surface area is 101 Å². The first kappa shape index (κ1) is 13.3. The normalized spacial score (nSPS) is 17.5. The smallest absolute Gasteiger partial charge is 0.184 e. The minimum Gasteiger partial charge on any atom is -0.513 e. The van der Waals surface area contributed by atoms with E-state index in [4.69, 9.17) is 5.11 Å². The van der Waals surface area contributed by atoms with Gasteiger partial charge in [-0.2, -0.15) is 0 Å². The molecule has 0 saturated carbocycles. The summed E-state index contributed by atoms with van der Waals surface area (Å²) in [5.41, 5.74) is 1.37. The van der Waals surface area contributed by atoms with Crippen LogP contribution in [0.3, 0.4) is 0 Å². The fourth-order valence-electron chi connectivity index (χ4n) is 1.60. The molecule has 0 unspecified atom stereocenters. The second-order valence-corrected chi connectivity index (χ2v) is 4.03. The Morgan fingerprint density at radius 2 is 2.06 bits per heavy atom. The highest BCUT2D eigenvalue weighted by molar-refractivity contribution is 6.08. The van der Waals surface area contributed by atoms with Gasteiger partial charge in [0.2, 0.25) is 0 Å². The van der Waals surface area contributed by atoms with Crippen LogP contribution in [-0.2, 0) is 4.79 Å². The van der Waals surface area contributed by atoms with Crippen molar-refractivity contribution < 1.29 is 15.0 Å². The van der Waals surface area contributed by atoms with Crippen LogP contribution >= 0.6 is 0 Å². The predicted octanol–water partition coefficient (Wildman–Crippen LogP) is 3.52. The van der Waals surface area contributed by atoms with E-state index in [1.807, 2.05) is 6.92 Å². The van der Waals surface area contributed by atoms with Crippen molar-refractivity contribution in [3.05, 3.63) is 47.0 Å². The van der Waals surface area contributed by atoms with E-state index in [1.54, 1.807) is 25.2 Å². The van der Waals surface area contributed by atoms with Crippen molar-refractivity contribution in [1.29, 1.82) is 0 Å². The number of aliphatic hydroxyl groups is 2. The van der Waals surface area contributed by atoms with Crippen LogP contribution < -0.4 is 0 Å². The van der Waals surface area contributed by atoms with Gasteiger partial charge in [0.1, 0.15) is 0 Å². The van der Waals surface area contributed by atoms with Crippen molar-refractivity contribution in [3.63, 3.8) is 0 Å². The van der Waals surface area contributed by atoms with Crippen LogP contribution in [0.5, 0.6) is 0 Å². The second kappa shape index (κ2) is 6.09. The first-order valence-electron chi connectivity index (χ1n) is 5.74. The summed E-state index contributed by atoms with van der Waals surface area (Å²) in [4.78, 5) is 12.1. The molecule has 0 fully saturated rings. The minimum atomic E-state index is -0.00579. The average molecular weight is 234 g/mol. The molecule has 3 heteroatoms. The highest BCUT2D eigenvalue weighted by Crippen LogP contribution is 2.21. The highest BCUT2D eigenvalue weighted by Gasteiger charge is 2.15. The molecule has 0 spiro atoms. The standard InChI is InChI=1S/C14H18O3/c1-3-11(5-4-10(2)15)14(17)12-6-8-13(16)9-7-12/h4-6,8,15-16H,3,7,9H2,1-2H3/b10-4+,11-5+. The second-order valence-electron chi connectivity index (χ2n) is 4.03. The molecule has 17 heavy (non-hydrogen) atoms. The molecule has 0 amide bonds. The molecule has 0 aromatic heterocycles. The van der Waals surface area contributed by atoms with Crippen LogP contribution in [0.2, 0.25) is 0 Å². The lowest BCUT2D eigenvalue weighted by atomic mass is 9.94. The average Bonchev–Trinajstić information content (AvgIpc) is 2.30. The Morgan fingerprint density at radius 3 is 2.53 bits per heavy atom. The van der Waals surface area contributed by atoms with Gasteiger partial charge in [-0.1, -0.05) is 19.1 Å². The third-order valence-corrected chi connectivity index (χ3v) is 2.62. The van der Waals surface area contributed by atoms with Crippen molar-refractivity contribution in [2.24, 2.45) is 0 Å². The molecule has 0 heterocycles. The van der Waals surface area contributed by atoms with E-state index in [-0.39, 0.29) is 11.5 Å². The van der Waals surface area contributed by atoms with Crippen molar-refractivity contribution >= 4 is 5.78 Å². The molecule has 2 N–H and O–H groups in total. The third kappa shape index (κ3) is 3.94. The summed E-state index contributed by atoms with van der Waals surface area (Å²) in [5, 5.41) is 18.3. The number of Topliss-reactive ketones (excluding diaryl/α,β-unsaturated/α-hetero) is 1. The van der Waals surface area contributed by atoms with Gasteiger partial charge < -0.3 is 10.2 Å². The fourth-order valence-corrected chi connectivity index (χ4v) is 1.60. The predicted molar refractivity (Wildman–Crippen MR) is 67.8 cm³/mol. The Morgan fingerprint density at radius 1 is 1.35 bits per heavy atom. The highest BCUT2D eigenvalue weighted by atomic mass is 16.3. The Balaban J connectivity index is 2.88. The van der Waals surface area contributed by atoms with Crippen LogP contribution in [0.1, 0.15) is 33.1 Å². The van der Waals surface area contributed by atoms with Crippen LogP contribution in [0.4, 0.5) is 0 Å². The van der Waals surface area contributed by atoms with Gasteiger partial charge in [-0.25, -0.2) is 0 Å². The largest absolute Gasteiger partial charge is 0.513 e. The molecule has 1 aliphatic carbocycles. The Hall–Kier alpha value is -1.77. The quantitative estimate of drug-likeness (QED) is 0.444. The molecule has 3 nitrogen and oxygen atoms in total. The molecule has 0 aliphatic heterocycles. The lowest BCUT2D eigenvalue weighted by molar-refractivity contribution is -0.112. The van der Waals surface area contributed by atoms with Gasteiger partial charge in [0.25, 0.3) is 0 Å². The number of rotatable bonds is 4. The van der Waals surface area contributed by atoms with Gasteiger partial charge in [-0.3, -0.25) is 4.79 Å². The summed E-state index contributed by atoms with van der Waals surface area (Å²) in [7, 11) is 0. The van der Waals surface area contributed by atoms with E-state index >= 15 is 0 Å². The first-order chi connectivity index (χ1) is 8.04. The summed E-state index contributed by atoms with van der Waals surface area (Å²) < 4.78 is 0. The van der Waals surface area contributed by atoms with Gasteiger partial charge in [-0.15, -0.1) is 0 Å². The van der Waals surface area contributed by atoms with Crippen LogP contribution in [0, 0.1) is 0 Å². The monoisotopic (exact) mass is 234 g/mol. The molecule has 0 radical (unpaired) electrons. The maximum atomic E-state index is 12.1. The number of carbonyl (C=O) groups is 1. The molecule has 0 aromatic carbocycles. The van der Waals surface area contributed by atoms with E-state index in [1.165, 1.54) is 6.08 Å². The third-order valence-electron chi connectivity index (χ3n) is 2.62. The molecule has 0 bridgehead atoms. The lowest BCUT2D eigenvalue weighted by Crippen LogP contribution is -2.08. The van der Waals surface area contributed by atoms with E-state index < -0.39 is 0 Å². The molecule has 1 aliphatic rings. The Kier molecular flexibility index (Phi) is 4.76. The zero-order chi connectivity index (χ0) is 12.8. The van der Waals surface area contributed by atoms with E-state index in [0.717, 1.165) is 0 Å². The van der Waals surface area contributed by atoms with E-state index in [0.29, 0.717) is 36.2 Å². The van der Waals surface area contributed by atoms with Crippen molar-refractivity contribution in [2.75, 3.05) is 0 Å². The number of hydrogen-bond donors (Lipinski definition) is 2. The minimum absolute atomic E-state index is 0.00579. The molecule has 0 saturated heterocycles. The van der Waals surface area contributed by atoms with Gasteiger partial charge >= 0.3 is 0 Å². The van der Waals surface area contributed by atoms with Gasteiger partial charge in [0.05, 0.1) is 11.5 Å².